The maximum absolute atomic E-state index is 14.8. The van der Waals surface area contributed by atoms with E-state index in [2.05, 4.69) is 10.3 Å². The molecule has 0 unspecified atom stereocenters. The quantitative estimate of drug-likeness (QED) is 0.828. The summed E-state index contributed by atoms with van der Waals surface area (Å²) < 4.78 is 25.7. The molecule has 1 aliphatic rings. The number of hydrogen-bond acceptors (Lipinski definition) is 3. The SMILES string of the molecule is CC=CC.CCOc1cc2c(c(F)c1OCC)C(=NC)NC2(C)C. The van der Waals surface area contributed by atoms with Gasteiger partial charge in [0, 0.05) is 7.05 Å². The highest BCUT2D eigenvalue weighted by atomic mass is 19.1. The zero-order valence-corrected chi connectivity index (χ0v) is 15.8. The molecule has 134 valence electrons. The number of nitrogens with one attached hydrogen (secondary N) is 1. The number of hydrogen-bond donors (Lipinski definition) is 1. The highest BCUT2D eigenvalue weighted by molar-refractivity contribution is 6.04. The first-order chi connectivity index (χ1) is 11.4. The van der Waals surface area contributed by atoms with Crippen molar-refractivity contribution in [3.05, 3.63) is 35.2 Å². The van der Waals surface area contributed by atoms with Crippen LogP contribution in [0, 0.1) is 5.82 Å². The van der Waals surface area contributed by atoms with Crippen LogP contribution in [0.5, 0.6) is 11.5 Å². The van der Waals surface area contributed by atoms with E-state index in [1.165, 1.54) is 0 Å². The molecular weight excluding hydrogens is 307 g/mol. The molecule has 0 fully saturated rings. The third-order valence-corrected chi connectivity index (χ3v) is 3.67. The van der Waals surface area contributed by atoms with Crippen LogP contribution in [0.25, 0.3) is 0 Å². The van der Waals surface area contributed by atoms with Gasteiger partial charge in [0.2, 0.25) is 0 Å². The molecule has 0 radical (unpaired) electrons. The van der Waals surface area contributed by atoms with Crippen molar-refractivity contribution in [2.45, 2.75) is 47.1 Å². The lowest BCUT2D eigenvalue weighted by Gasteiger charge is -2.21. The molecule has 0 amide bonds. The van der Waals surface area contributed by atoms with Gasteiger partial charge in [0.15, 0.2) is 17.3 Å². The molecule has 5 heteroatoms. The first-order valence-corrected chi connectivity index (χ1v) is 8.32. The standard InChI is InChI=1S/C15H21FN2O2.C4H8/c1-6-19-10-8-9-11(12(16)13(10)20-7-2)14(17-5)18-15(9,3)4;1-3-4-2/h8H,6-7H2,1-5H3,(H,17,18);3-4H,1-2H3. The Morgan fingerprint density at radius 3 is 2.21 bits per heavy atom. The molecule has 0 saturated heterocycles. The number of ether oxygens (including phenoxy) is 2. The third-order valence-electron chi connectivity index (χ3n) is 3.67. The average molecular weight is 336 g/mol. The Morgan fingerprint density at radius 1 is 1.17 bits per heavy atom. The Morgan fingerprint density at radius 2 is 1.75 bits per heavy atom. The lowest BCUT2D eigenvalue weighted by molar-refractivity contribution is 0.274. The van der Waals surface area contributed by atoms with Crippen LogP contribution in [0.2, 0.25) is 0 Å². The van der Waals surface area contributed by atoms with Crippen LogP contribution in [0.15, 0.2) is 23.2 Å². The normalized spacial score (nSPS) is 16.4. The molecule has 24 heavy (non-hydrogen) atoms. The van der Waals surface area contributed by atoms with Crippen molar-refractivity contribution in [2.75, 3.05) is 20.3 Å². The fourth-order valence-corrected chi connectivity index (χ4v) is 2.47. The van der Waals surface area contributed by atoms with Crippen LogP contribution >= 0.6 is 0 Å². The second-order valence-electron chi connectivity index (χ2n) is 5.80. The van der Waals surface area contributed by atoms with Gasteiger partial charge in [-0.25, -0.2) is 4.39 Å². The van der Waals surface area contributed by atoms with E-state index in [0.717, 1.165) is 5.56 Å². The summed E-state index contributed by atoms with van der Waals surface area (Å²) in [6.07, 6.45) is 4.00. The predicted octanol–water partition coefficient (Wildman–Crippen LogP) is 4.42. The molecule has 0 saturated carbocycles. The Bertz CT molecular complexity index is 618. The molecule has 1 heterocycles. The molecule has 0 aromatic heterocycles. The maximum atomic E-state index is 14.8. The molecule has 1 aromatic rings. The second-order valence-corrected chi connectivity index (χ2v) is 5.80. The summed E-state index contributed by atoms with van der Waals surface area (Å²) in [5.41, 5.74) is 0.925. The van der Waals surface area contributed by atoms with Crippen molar-refractivity contribution in [3.8, 4) is 11.5 Å². The molecule has 0 spiro atoms. The van der Waals surface area contributed by atoms with Crippen LogP contribution in [0.3, 0.4) is 0 Å². The van der Waals surface area contributed by atoms with Gasteiger partial charge < -0.3 is 14.8 Å². The zero-order chi connectivity index (χ0) is 18.3. The number of amidine groups is 1. The van der Waals surface area contributed by atoms with E-state index >= 15 is 0 Å². The van der Waals surface area contributed by atoms with Crippen molar-refractivity contribution in [1.82, 2.24) is 5.32 Å². The molecule has 2 rings (SSSR count). The van der Waals surface area contributed by atoms with E-state index < -0.39 is 5.82 Å². The van der Waals surface area contributed by atoms with Crippen molar-refractivity contribution >= 4 is 5.84 Å². The Balaban J connectivity index is 0.000000648. The zero-order valence-electron chi connectivity index (χ0n) is 15.8. The molecule has 1 N–H and O–H groups in total. The Kier molecular flexibility index (Phi) is 7.26. The minimum Gasteiger partial charge on any atom is -0.490 e. The third kappa shape index (κ3) is 4.08. The minimum atomic E-state index is -0.411. The van der Waals surface area contributed by atoms with Crippen LogP contribution in [-0.2, 0) is 5.54 Å². The van der Waals surface area contributed by atoms with Crippen LogP contribution in [0.4, 0.5) is 4.39 Å². The molecule has 0 atom stereocenters. The van der Waals surface area contributed by atoms with Crippen LogP contribution < -0.4 is 14.8 Å². The van der Waals surface area contributed by atoms with Gasteiger partial charge in [0.25, 0.3) is 0 Å². The molecule has 0 aliphatic carbocycles. The first kappa shape index (κ1) is 20.0. The molecule has 1 aliphatic heterocycles. The van der Waals surface area contributed by atoms with Crippen LogP contribution in [0.1, 0.15) is 52.7 Å². The summed E-state index contributed by atoms with van der Waals surface area (Å²) in [5, 5.41) is 3.22. The van der Waals surface area contributed by atoms with Crippen LogP contribution in [-0.4, -0.2) is 26.1 Å². The van der Waals surface area contributed by atoms with Gasteiger partial charge in [-0.2, -0.15) is 0 Å². The Labute approximate surface area is 144 Å². The summed E-state index contributed by atoms with van der Waals surface area (Å²) in [4.78, 5) is 4.13. The maximum Gasteiger partial charge on any atom is 0.197 e. The van der Waals surface area contributed by atoms with Crippen molar-refractivity contribution in [3.63, 3.8) is 0 Å². The first-order valence-electron chi connectivity index (χ1n) is 8.32. The van der Waals surface area contributed by atoms with Gasteiger partial charge in [-0.1, -0.05) is 12.2 Å². The van der Waals surface area contributed by atoms with Crippen molar-refractivity contribution in [1.29, 1.82) is 0 Å². The summed E-state index contributed by atoms with van der Waals surface area (Å²) in [5.74, 6) is 0.740. The summed E-state index contributed by atoms with van der Waals surface area (Å²) in [7, 11) is 1.64. The number of fused-ring (bicyclic) bond motifs is 1. The van der Waals surface area contributed by atoms with Gasteiger partial charge >= 0.3 is 0 Å². The second kappa shape index (κ2) is 8.71. The Hall–Kier alpha value is -2.04. The summed E-state index contributed by atoms with van der Waals surface area (Å²) >= 11 is 0. The smallest absolute Gasteiger partial charge is 0.197 e. The van der Waals surface area contributed by atoms with E-state index in [1.54, 1.807) is 7.05 Å². The fourth-order valence-electron chi connectivity index (χ4n) is 2.47. The molecular formula is C19H29FN2O2. The number of benzene rings is 1. The monoisotopic (exact) mass is 336 g/mol. The summed E-state index contributed by atoms with van der Waals surface area (Å²) in [6, 6.07) is 1.85. The van der Waals surface area contributed by atoms with Gasteiger partial charge in [-0.05, 0) is 53.2 Å². The number of nitrogens with zero attached hydrogens (tertiary/aromatic N) is 1. The number of halogens is 1. The lowest BCUT2D eigenvalue weighted by Crippen LogP contribution is -2.33. The number of rotatable bonds is 4. The minimum absolute atomic E-state index is 0.161. The molecule has 4 nitrogen and oxygen atoms in total. The molecule has 0 bridgehead atoms. The van der Waals surface area contributed by atoms with Gasteiger partial charge in [-0.3, -0.25) is 4.99 Å². The fraction of sp³-hybridized carbons (Fsp3) is 0.526. The highest BCUT2D eigenvalue weighted by Gasteiger charge is 2.38. The highest BCUT2D eigenvalue weighted by Crippen LogP contribution is 2.42. The van der Waals surface area contributed by atoms with E-state index in [9.17, 15) is 4.39 Å². The van der Waals surface area contributed by atoms with E-state index in [4.69, 9.17) is 9.47 Å². The van der Waals surface area contributed by atoms with Gasteiger partial charge in [0.05, 0.1) is 24.3 Å². The van der Waals surface area contributed by atoms with E-state index in [-0.39, 0.29) is 11.3 Å². The largest absolute Gasteiger partial charge is 0.490 e. The van der Waals surface area contributed by atoms with Crippen molar-refractivity contribution < 1.29 is 13.9 Å². The van der Waals surface area contributed by atoms with Gasteiger partial charge in [0.1, 0.15) is 5.84 Å². The predicted molar refractivity (Wildman–Crippen MR) is 97.8 cm³/mol. The molecule has 1 aromatic carbocycles. The number of allylic oxidation sites excluding steroid dienone is 2. The average Bonchev–Trinajstić information content (AvgIpc) is 2.82. The van der Waals surface area contributed by atoms with Crippen molar-refractivity contribution in [2.24, 2.45) is 4.99 Å². The topological polar surface area (TPSA) is 42.9 Å². The lowest BCUT2D eigenvalue weighted by atomic mass is 9.93. The number of aliphatic imine (C=N–C) groups is 1. The van der Waals surface area contributed by atoms with Gasteiger partial charge in [-0.15, -0.1) is 0 Å². The van der Waals surface area contributed by atoms with E-state index in [1.807, 2.05) is 59.8 Å². The summed E-state index contributed by atoms with van der Waals surface area (Å²) in [6.45, 7) is 12.5. The van der Waals surface area contributed by atoms with E-state index in [0.29, 0.717) is 30.4 Å².